The van der Waals surface area contributed by atoms with Gasteiger partial charge in [0.1, 0.15) is 5.75 Å². The molecule has 1 fully saturated rings. The molecule has 242 valence electrons. The van der Waals surface area contributed by atoms with E-state index in [0.717, 1.165) is 72.0 Å². The number of hydrogen-bond acceptors (Lipinski definition) is 4. The summed E-state index contributed by atoms with van der Waals surface area (Å²) in [6.45, 7) is 5.69. The molecule has 2 amide bonds. The van der Waals surface area contributed by atoms with Crippen LogP contribution in [0.25, 0.3) is 28.2 Å². The highest BCUT2D eigenvalue weighted by atomic mass is 32.2. The van der Waals surface area contributed by atoms with Crippen LogP contribution < -0.4 is 9.46 Å². The number of methoxy groups -OCH3 is 1. The Bertz CT molecular complexity index is 1600. The Balaban J connectivity index is 0.00000196. The van der Waals surface area contributed by atoms with E-state index in [1.807, 2.05) is 56.1 Å². The van der Waals surface area contributed by atoms with Crippen LogP contribution in [0.15, 0.2) is 42.0 Å². The zero-order valence-corrected chi connectivity index (χ0v) is 28.3. The van der Waals surface area contributed by atoms with Crippen LogP contribution in [0.4, 0.5) is 0 Å². The summed E-state index contributed by atoms with van der Waals surface area (Å²) in [6, 6.07) is 12.0. The van der Waals surface area contributed by atoms with Gasteiger partial charge in [0.2, 0.25) is 0 Å². The van der Waals surface area contributed by atoms with E-state index in [0.29, 0.717) is 36.7 Å². The monoisotopic (exact) mass is 632 g/mol. The minimum absolute atomic E-state index is 0.0211. The van der Waals surface area contributed by atoms with Crippen molar-refractivity contribution in [2.24, 2.45) is 0 Å². The van der Waals surface area contributed by atoms with Crippen LogP contribution in [0, 0.1) is 0 Å². The standard InChI is InChI=1S/C34H42N4O4S.C2H6/c1-36-17-9-4-5-10-18-37(2)43(41)35-33(39)24-13-15-29-30(21-24)38-22-26(34(36)40)19-25-20-27(42-3)14-16-28(25)32(38)31(29)23-11-7-6-8-12-23;1-2/h13-16,19-21,23H,4-12,17-18,22H2,1-3H3,(H,35,39);1-2H3. The largest absolute Gasteiger partial charge is 0.497 e. The number of nitrogens with one attached hydrogen (secondary N) is 1. The Morgan fingerprint density at radius 1 is 0.889 bits per heavy atom. The second kappa shape index (κ2) is 14.8. The fourth-order valence-corrected chi connectivity index (χ4v) is 7.72. The summed E-state index contributed by atoms with van der Waals surface area (Å²) in [7, 11) is 5.33. The summed E-state index contributed by atoms with van der Waals surface area (Å²) in [5.74, 6) is 0.798. The molecule has 1 aromatic heterocycles. The van der Waals surface area contributed by atoms with E-state index in [-0.39, 0.29) is 11.8 Å². The van der Waals surface area contributed by atoms with Gasteiger partial charge < -0.3 is 14.2 Å². The Kier molecular flexibility index (Phi) is 10.8. The van der Waals surface area contributed by atoms with Gasteiger partial charge in [0.25, 0.3) is 11.8 Å². The Hall–Kier alpha value is -3.43. The number of carbonyl (C=O) groups is 2. The molecule has 8 nitrogen and oxygen atoms in total. The van der Waals surface area contributed by atoms with Gasteiger partial charge in [-0.05, 0) is 79.1 Å². The first-order chi connectivity index (χ1) is 21.9. The lowest BCUT2D eigenvalue weighted by atomic mass is 9.81. The maximum Gasteiger partial charge on any atom is 0.264 e. The zero-order valence-electron chi connectivity index (χ0n) is 27.5. The molecule has 6 rings (SSSR count). The molecule has 3 heterocycles. The summed E-state index contributed by atoms with van der Waals surface area (Å²) in [5.41, 5.74) is 6.56. The van der Waals surface area contributed by atoms with Crippen molar-refractivity contribution in [2.75, 3.05) is 34.3 Å². The van der Waals surface area contributed by atoms with E-state index in [4.69, 9.17) is 4.74 Å². The second-order valence-corrected chi connectivity index (χ2v) is 13.5. The van der Waals surface area contributed by atoms with E-state index in [9.17, 15) is 13.8 Å². The lowest BCUT2D eigenvalue weighted by Crippen LogP contribution is -2.36. The first-order valence-corrected chi connectivity index (χ1v) is 17.7. The third kappa shape index (κ3) is 6.89. The molecule has 1 saturated carbocycles. The Morgan fingerprint density at radius 3 is 2.33 bits per heavy atom. The zero-order chi connectivity index (χ0) is 32.1. The van der Waals surface area contributed by atoms with Crippen molar-refractivity contribution in [2.45, 2.75) is 84.1 Å². The number of hydrogen-bond donors (Lipinski definition) is 1. The van der Waals surface area contributed by atoms with E-state index >= 15 is 0 Å². The molecule has 9 heteroatoms. The quantitative estimate of drug-likeness (QED) is 0.328. The van der Waals surface area contributed by atoms with Crippen LogP contribution in [0.3, 0.4) is 0 Å². The SMILES string of the molecule is CC.COc1ccc2c(c1)C=C1Cn3c-2c(C2CCCCC2)c2ccc(cc23)C(=O)NS(=O)N(C)CCCCCCN(C)C1=O. The van der Waals surface area contributed by atoms with Gasteiger partial charge in [-0.2, -0.15) is 0 Å². The van der Waals surface area contributed by atoms with Gasteiger partial charge >= 0.3 is 0 Å². The molecule has 3 aromatic rings. The molecule has 1 aliphatic carbocycles. The molecular weight excluding hydrogens is 584 g/mol. The highest BCUT2D eigenvalue weighted by Crippen LogP contribution is 2.47. The molecule has 3 aliphatic rings. The number of likely N-dealkylation sites (N-methyl/N-ethyl adjacent to an activating group) is 1. The molecule has 1 unspecified atom stereocenters. The van der Waals surface area contributed by atoms with Crippen LogP contribution in [0.5, 0.6) is 5.75 Å². The van der Waals surface area contributed by atoms with Crippen molar-refractivity contribution in [3.8, 4) is 17.0 Å². The summed E-state index contributed by atoms with van der Waals surface area (Å²) in [4.78, 5) is 29.2. The van der Waals surface area contributed by atoms with Crippen molar-refractivity contribution >= 4 is 40.0 Å². The number of ether oxygens (including phenoxy) is 1. The number of carbonyl (C=O) groups excluding carboxylic acids is 2. The van der Waals surface area contributed by atoms with Crippen LogP contribution in [0.2, 0.25) is 0 Å². The van der Waals surface area contributed by atoms with Gasteiger partial charge in [-0.15, -0.1) is 0 Å². The molecule has 2 aliphatic heterocycles. The smallest absolute Gasteiger partial charge is 0.264 e. The minimum Gasteiger partial charge on any atom is -0.497 e. The average Bonchev–Trinajstić information content (AvgIpc) is 3.28. The summed E-state index contributed by atoms with van der Waals surface area (Å²) < 4.78 is 25.2. The van der Waals surface area contributed by atoms with Gasteiger partial charge in [0.05, 0.1) is 19.3 Å². The number of amides is 2. The van der Waals surface area contributed by atoms with Crippen LogP contribution in [0.1, 0.15) is 99.0 Å². The first-order valence-electron chi connectivity index (χ1n) is 16.6. The van der Waals surface area contributed by atoms with E-state index in [2.05, 4.69) is 21.4 Å². The number of benzene rings is 2. The van der Waals surface area contributed by atoms with Crippen LogP contribution in [-0.2, 0) is 22.5 Å². The van der Waals surface area contributed by atoms with Crippen LogP contribution >= 0.6 is 0 Å². The highest BCUT2D eigenvalue weighted by Gasteiger charge is 2.31. The molecule has 1 atom stereocenters. The Morgan fingerprint density at radius 2 is 1.60 bits per heavy atom. The topological polar surface area (TPSA) is 83.9 Å². The van der Waals surface area contributed by atoms with Gasteiger partial charge in [-0.1, -0.05) is 52.0 Å². The average molecular weight is 633 g/mol. The van der Waals surface area contributed by atoms with E-state index in [1.54, 1.807) is 18.5 Å². The van der Waals surface area contributed by atoms with E-state index in [1.165, 1.54) is 24.8 Å². The molecule has 0 saturated heterocycles. The first kappa shape index (κ1) is 32.9. The molecule has 1 N–H and O–H groups in total. The maximum atomic E-state index is 14.0. The number of aromatic nitrogens is 1. The minimum atomic E-state index is -1.62. The van der Waals surface area contributed by atoms with Crippen molar-refractivity contribution in [1.29, 1.82) is 0 Å². The Labute approximate surface area is 270 Å². The fourth-order valence-electron chi connectivity index (χ4n) is 7.00. The molecule has 0 spiro atoms. The van der Waals surface area contributed by atoms with Crippen molar-refractivity contribution in [3.05, 3.63) is 58.7 Å². The summed E-state index contributed by atoms with van der Waals surface area (Å²) in [5, 5.41) is 1.12. The van der Waals surface area contributed by atoms with Gasteiger partial charge in [0, 0.05) is 54.8 Å². The summed E-state index contributed by atoms with van der Waals surface area (Å²) >= 11 is -1.62. The summed E-state index contributed by atoms with van der Waals surface area (Å²) in [6.07, 6.45) is 11.6. The third-order valence-electron chi connectivity index (χ3n) is 9.35. The number of fused-ring (bicyclic) bond motifs is 4. The number of rotatable bonds is 2. The molecular formula is C36H48N4O4S. The van der Waals surface area contributed by atoms with Gasteiger partial charge in [-0.3, -0.25) is 14.3 Å². The van der Waals surface area contributed by atoms with Crippen LogP contribution in [-0.4, -0.2) is 64.1 Å². The van der Waals surface area contributed by atoms with Gasteiger partial charge in [-0.25, -0.2) is 8.51 Å². The van der Waals surface area contributed by atoms with E-state index < -0.39 is 11.2 Å². The second-order valence-electron chi connectivity index (χ2n) is 12.2. The number of nitrogens with zero attached hydrogens (tertiary/aromatic N) is 3. The molecule has 2 aromatic carbocycles. The predicted molar refractivity (Wildman–Crippen MR) is 183 cm³/mol. The molecule has 0 radical (unpaired) electrons. The normalized spacial score (nSPS) is 20.4. The van der Waals surface area contributed by atoms with Crippen molar-refractivity contribution in [3.63, 3.8) is 0 Å². The molecule has 4 bridgehead atoms. The third-order valence-corrected chi connectivity index (χ3v) is 10.5. The maximum absolute atomic E-state index is 14.0. The van der Waals surface area contributed by atoms with Crippen molar-refractivity contribution < 1.29 is 18.5 Å². The molecule has 45 heavy (non-hydrogen) atoms. The van der Waals surface area contributed by atoms with Gasteiger partial charge in [0.15, 0.2) is 11.2 Å². The van der Waals surface area contributed by atoms with Crippen molar-refractivity contribution in [1.82, 2.24) is 18.5 Å². The fraction of sp³-hybridized carbons (Fsp3) is 0.500. The highest BCUT2D eigenvalue weighted by molar-refractivity contribution is 7.81. The lowest BCUT2D eigenvalue weighted by molar-refractivity contribution is -0.126. The predicted octanol–water partition coefficient (Wildman–Crippen LogP) is 7.06. The lowest BCUT2D eigenvalue weighted by Gasteiger charge is -2.24.